The number of benzene rings is 2. The molecule has 23 heavy (non-hydrogen) atoms. The minimum atomic E-state index is 0.702. The van der Waals surface area contributed by atoms with E-state index in [-0.39, 0.29) is 0 Å². The summed E-state index contributed by atoms with van der Waals surface area (Å²) in [6, 6.07) is 15.6. The molecule has 4 nitrogen and oxygen atoms in total. The van der Waals surface area contributed by atoms with E-state index in [9.17, 15) is 0 Å². The Labute approximate surface area is 140 Å². The van der Waals surface area contributed by atoms with Crippen LogP contribution in [0.3, 0.4) is 0 Å². The van der Waals surface area contributed by atoms with E-state index in [1.165, 1.54) is 0 Å². The van der Waals surface area contributed by atoms with E-state index < -0.39 is 0 Å². The van der Waals surface area contributed by atoms with Gasteiger partial charge in [0.1, 0.15) is 5.75 Å². The fourth-order valence-electron chi connectivity index (χ4n) is 2.14. The summed E-state index contributed by atoms with van der Waals surface area (Å²) in [5, 5.41) is 6.21. The Morgan fingerprint density at radius 3 is 2.70 bits per heavy atom. The molecular formula is C18H19N3OS. The number of nitrogens with zero attached hydrogens (tertiary/aromatic N) is 1. The minimum Gasteiger partial charge on any atom is -0.491 e. The average Bonchev–Trinajstić information content (AvgIpc) is 3.03. The van der Waals surface area contributed by atoms with Crippen LogP contribution in [0.1, 0.15) is 13.3 Å². The van der Waals surface area contributed by atoms with Gasteiger partial charge in [-0.15, -0.1) is 11.3 Å². The van der Waals surface area contributed by atoms with Crippen molar-refractivity contribution >= 4 is 27.8 Å². The number of hydrogen-bond donors (Lipinski definition) is 2. The van der Waals surface area contributed by atoms with E-state index in [4.69, 9.17) is 10.5 Å². The third-order valence-corrected chi connectivity index (χ3v) is 4.06. The molecule has 3 N–H and O–H groups in total. The fourth-order valence-corrected chi connectivity index (χ4v) is 2.87. The average molecular weight is 325 g/mol. The molecular weight excluding hydrogens is 306 g/mol. The first-order valence-corrected chi connectivity index (χ1v) is 8.44. The second-order valence-corrected chi connectivity index (χ2v) is 5.99. The van der Waals surface area contributed by atoms with Crippen molar-refractivity contribution in [3.8, 4) is 17.0 Å². The quantitative estimate of drug-likeness (QED) is 0.631. The van der Waals surface area contributed by atoms with Gasteiger partial charge in [-0.2, -0.15) is 0 Å². The smallest absolute Gasteiger partial charge is 0.187 e. The van der Waals surface area contributed by atoms with Crippen molar-refractivity contribution in [1.29, 1.82) is 0 Å². The van der Waals surface area contributed by atoms with Crippen LogP contribution in [0.5, 0.6) is 5.75 Å². The van der Waals surface area contributed by atoms with Crippen LogP contribution in [0.4, 0.5) is 16.5 Å². The first-order valence-electron chi connectivity index (χ1n) is 7.56. The van der Waals surface area contributed by atoms with E-state index in [1.807, 2.05) is 53.9 Å². The van der Waals surface area contributed by atoms with Gasteiger partial charge in [-0.3, -0.25) is 0 Å². The molecule has 0 saturated heterocycles. The van der Waals surface area contributed by atoms with Crippen molar-refractivity contribution < 1.29 is 4.74 Å². The van der Waals surface area contributed by atoms with Crippen molar-refractivity contribution in [1.82, 2.24) is 4.98 Å². The molecule has 0 fully saturated rings. The summed E-state index contributed by atoms with van der Waals surface area (Å²) in [6.07, 6.45) is 0.979. The monoisotopic (exact) mass is 325 g/mol. The second kappa shape index (κ2) is 7.15. The number of rotatable bonds is 6. The van der Waals surface area contributed by atoms with Crippen LogP contribution in [0, 0.1) is 0 Å². The number of nitrogens with two attached hydrogens (primary N) is 1. The van der Waals surface area contributed by atoms with Crippen molar-refractivity contribution in [2.75, 3.05) is 17.7 Å². The molecule has 118 valence electrons. The van der Waals surface area contributed by atoms with Gasteiger partial charge in [0.2, 0.25) is 0 Å². The lowest BCUT2D eigenvalue weighted by molar-refractivity contribution is 0.319. The number of aromatic nitrogens is 1. The van der Waals surface area contributed by atoms with Crippen LogP contribution >= 0.6 is 11.3 Å². The van der Waals surface area contributed by atoms with Gasteiger partial charge < -0.3 is 15.8 Å². The van der Waals surface area contributed by atoms with Crippen LogP contribution in [-0.2, 0) is 0 Å². The lowest BCUT2D eigenvalue weighted by Gasteiger charge is -2.10. The number of para-hydroxylation sites is 2. The molecule has 2 aromatic carbocycles. The van der Waals surface area contributed by atoms with E-state index in [1.54, 1.807) is 11.3 Å². The molecule has 0 bridgehead atoms. The lowest BCUT2D eigenvalue weighted by atomic mass is 10.1. The predicted molar refractivity (Wildman–Crippen MR) is 97.5 cm³/mol. The summed E-state index contributed by atoms with van der Waals surface area (Å²) in [7, 11) is 0. The molecule has 5 heteroatoms. The molecule has 1 aromatic heterocycles. The zero-order valence-corrected chi connectivity index (χ0v) is 13.8. The van der Waals surface area contributed by atoms with Crippen LogP contribution in [0.25, 0.3) is 11.3 Å². The molecule has 0 unspecified atom stereocenters. The lowest BCUT2D eigenvalue weighted by Crippen LogP contribution is -1.99. The first-order chi connectivity index (χ1) is 11.3. The third kappa shape index (κ3) is 3.81. The van der Waals surface area contributed by atoms with Gasteiger partial charge in [0.25, 0.3) is 0 Å². The van der Waals surface area contributed by atoms with Gasteiger partial charge in [-0.25, -0.2) is 4.98 Å². The maximum absolute atomic E-state index is 5.76. The van der Waals surface area contributed by atoms with Gasteiger partial charge in [0.05, 0.1) is 18.0 Å². The van der Waals surface area contributed by atoms with E-state index in [0.717, 1.165) is 39.9 Å². The Bertz CT molecular complexity index is 768. The highest BCUT2D eigenvalue weighted by Gasteiger charge is 2.08. The topological polar surface area (TPSA) is 60.2 Å². The Balaban J connectivity index is 1.78. The molecule has 0 aliphatic carbocycles. The van der Waals surface area contributed by atoms with Crippen molar-refractivity contribution in [2.24, 2.45) is 0 Å². The standard InChI is InChI=1S/C18H19N3OS/c1-2-11-22-17-6-4-3-5-15(17)20-18-21-16(12-23-18)13-7-9-14(19)10-8-13/h3-10,12H,2,11,19H2,1H3,(H,20,21). The Kier molecular flexibility index (Phi) is 4.78. The molecule has 0 aliphatic heterocycles. The number of hydrogen-bond acceptors (Lipinski definition) is 5. The van der Waals surface area contributed by atoms with Crippen LogP contribution in [0.2, 0.25) is 0 Å². The molecule has 1 heterocycles. The SMILES string of the molecule is CCCOc1ccccc1Nc1nc(-c2ccc(N)cc2)cs1. The van der Waals surface area contributed by atoms with Crippen LogP contribution < -0.4 is 15.8 Å². The van der Waals surface area contributed by atoms with E-state index in [2.05, 4.69) is 17.2 Å². The van der Waals surface area contributed by atoms with E-state index in [0.29, 0.717) is 6.61 Å². The Morgan fingerprint density at radius 2 is 1.91 bits per heavy atom. The van der Waals surface area contributed by atoms with Crippen LogP contribution in [0.15, 0.2) is 53.9 Å². The zero-order chi connectivity index (χ0) is 16.1. The molecule has 0 radical (unpaired) electrons. The van der Waals surface area contributed by atoms with E-state index >= 15 is 0 Å². The van der Waals surface area contributed by atoms with Gasteiger partial charge in [0.15, 0.2) is 5.13 Å². The number of anilines is 3. The molecule has 0 atom stereocenters. The van der Waals surface area contributed by atoms with Gasteiger partial charge >= 0.3 is 0 Å². The molecule has 0 saturated carbocycles. The number of nitrogen functional groups attached to an aromatic ring is 1. The predicted octanol–water partition coefficient (Wildman–Crippen LogP) is 4.92. The van der Waals surface area contributed by atoms with Crippen molar-refractivity contribution in [3.05, 3.63) is 53.9 Å². The highest BCUT2D eigenvalue weighted by Crippen LogP contribution is 2.31. The summed E-state index contributed by atoms with van der Waals surface area (Å²) >= 11 is 1.57. The first kappa shape index (κ1) is 15.4. The number of ether oxygens (including phenoxy) is 1. The summed E-state index contributed by atoms with van der Waals surface area (Å²) < 4.78 is 5.76. The third-order valence-electron chi connectivity index (χ3n) is 3.30. The maximum Gasteiger partial charge on any atom is 0.187 e. The minimum absolute atomic E-state index is 0.702. The molecule has 0 spiro atoms. The van der Waals surface area contributed by atoms with Gasteiger partial charge in [-0.05, 0) is 30.7 Å². The van der Waals surface area contributed by atoms with Gasteiger partial charge in [-0.1, -0.05) is 31.2 Å². The van der Waals surface area contributed by atoms with Gasteiger partial charge in [0, 0.05) is 16.6 Å². The number of nitrogens with one attached hydrogen (secondary N) is 1. The molecule has 0 amide bonds. The van der Waals surface area contributed by atoms with Crippen LogP contribution in [-0.4, -0.2) is 11.6 Å². The van der Waals surface area contributed by atoms with Crippen molar-refractivity contribution in [3.63, 3.8) is 0 Å². The summed E-state index contributed by atoms with van der Waals surface area (Å²) in [4.78, 5) is 4.64. The fraction of sp³-hybridized carbons (Fsp3) is 0.167. The van der Waals surface area contributed by atoms with Crippen molar-refractivity contribution in [2.45, 2.75) is 13.3 Å². The summed E-state index contributed by atoms with van der Waals surface area (Å²) in [5.74, 6) is 0.846. The zero-order valence-electron chi connectivity index (χ0n) is 13.0. The molecule has 3 aromatic rings. The summed E-state index contributed by atoms with van der Waals surface area (Å²) in [6.45, 7) is 2.79. The normalized spacial score (nSPS) is 10.5. The second-order valence-electron chi connectivity index (χ2n) is 5.13. The number of thiazole rings is 1. The highest BCUT2D eigenvalue weighted by molar-refractivity contribution is 7.14. The summed E-state index contributed by atoms with van der Waals surface area (Å²) in [5.41, 5.74) is 9.40. The Morgan fingerprint density at radius 1 is 1.13 bits per heavy atom. The highest BCUT2D eigenvalue weighted by atomic mass is 32.1. The Hall–Kier alpha value is -2.53. The molecule has 0 aliphatic rings. The molecule has 3 rings (SSSR count). The maximum atomic E-state index is 5.76. The largest absolute Gasteiger partial charge is 0.491 e.